The number of aromatic amines is 1. The largest absolute Gasteiger partial charge is 0.341 e. The van der Waals surface area contributed by atoms with Crippen molar-refractivity contribution in [1.82, 2.24) is 19.9 Å². The molecule has 4 heteroatoms. The third-order valence-electron chi connectivity index (χ3n) is 6.75. The third-order valence-corrected chi connectivity index (χ3v) is 6.75. The number of pyridine rings is 2. The van der Waals surface area contributed by atoms with Gasteiger partial charge in [-0.25, -0.2) is 4.98 Å². The van der Waals surface area contributed by atoms with Gasteiger partial charge in [0, 0.05) is 41.2 Å². The fraction of sp³-hybridized carbons (Fsp3) is 0.345. The lowest BCUT2D eigenvalue weighted by molar-refractivity contribution is 0.378. The lowest BCUT2D eigenvalue weighted by atomic mass is 9.75. The molecule has 0 aliphatic carbocycles. The highest BCUT2D eigenvalue weighted by Crippen LogP contribution is 2.35. The van der Waals surface area contributed by atoms with Crippen molar-refractivity contribution >= 4 is 0 Å². The van der Waals surface area contributed by atoms with E-state index in [9.17, 15) is 0 Å². The zero-order valence-corrected chi connectivity index (χ0v) is 20.0. The highest BCUT2D eigenvalue weighted by atomic mass is 14.9. The topological polar surface area (TPSA) is 54.5 Å². The minimum Gasteiger partial charge on any atom is -0.341 e. The Labute approximate surface area is 197 Å². The maximum atomic E-state index is 5.19. The summed E-state index contributed by atoms with van der Waals surface area (Å²) in [6.07, 6.45) is 10.2. The Bertz CT molecular complexity index is 1160. The summed E-state index contributed by atoms with van der Waals surface area (Å²) in [5, 5.41) is 0. The van der Waals surface area contributed by atoms with Crippen molar-refractivity contribution in [3.05, 3.63) is 90.0 Å². The van der Waals surface area contributed by atoms with Crippen molar-refractivity contribution in [3.8, 4) is 22.8 Å². The molecule has 4 nitrogen and oxygen atoms in total. The zero-order valence-electron chi connectivity index (χ0n) is 20.0. The molecule has 0 aliphatic rings. The number of hydrogen-bond donors (Lipinski definition) is 1. The fourth-order valence-electron chi connectivity index (χ4n) is 4.56. The molecule has 0 atom stereocenters. The summed E-state index contributed by atoms with van der Waals surface area (Å²) in [5.74, 6) is 0.817. The van der Waals surface area contributed by atoms with Crippen molar-refractivity contribution < 1.29 is 0 Å². The van der Waals surface area contributed by atoms with Crippen LogP contribution in [0.2, 0.25) is 0 Å². The van der Waals surface area contributed by atoms with E-state index in [1.165, 1.54) is 24.0 Å². The van der Waals surface area contributed by atoms with Crippen LogP contribution >= 0.6 is 0 Å². The number of rotatable bonds is 10. The molecule has 33 heavy (non-hydrogen) atoms. The predicted molar refractivity (Wildman–Crippen MR) is 136 cm³/mol. The lowest BCUT2D eigenvalue weighted by Gasteiger charge is -2.31. The van der Waals surface area contributed by atoms with Crippen LogP contribution in [-0.2, 0) is 18.3 Å². The molecular formula is C29H34N4. The molecule has 1 N–H and O–H groups in total. The second-order valence-electron chi connectivity index (χ2n) is 8.85. The number of nitrogens with one attached hydrogen (secondary N) is 1. The van der Waals surface area contributed by atoms with E-state index in [2.05, 4.69) is 78.2 Å². The van der Waals surface area contributed by atoms with Crippen LogP contribution in [0, 0.1) is 0 Å². The maximum Gasteiger partial charge on any atom is 0.156 e. The van der Waals surface area contributed by atoms with Gasteiger partial charge in [-0.1, -0.05) is 57.5 Å². The van der Waals surface area contributed by atoms with Crippen LogP contribution in [0.15, 0.2) is 73.1 Å². The van der Waals surface area contributed by atoms with Gasteiger partial charge in [0.2, 0.25) is 0 Å². The predicted octanol–water partition coefficient (Wildman–Crippen LogP) is 7.18. The molecule has 4 aromatic rings. The molecule has 170 valence electrons. The second kappa shape index (κ2) is 10.6. The minimum absolute atomic E-state index is 0.0518. The Kier molecular flexibility index (Phi) is 7.33. The van der Waals surface area contributed by atoms with E-state index in [-0.39, 0.29) is 5.41 Å². The van der Waals surface area contributed by atoms with E-state index in [1.807, 2.05) is 24.4 Å². The Morgan fingerprint density at radius 2 is 1.67 bits per heavy atom. The van der Waals surface area contributed by atoms with Gasteiger partial charge in [0.15, 0.2) is 5.82 Å². The Morgan fingerprint density at radius 3 is 2.42 bits per heavy atom. The van der Waals surface area contributed by atoms with Crippen molar-refractivity contribution in [2.24, 2.45) is 0 Å². The van der Waals surface area contributed by atoms with Gasteiger partial charge in [0.1, 0.15) is 5.69 Å². The number of H-pyrrole nitrogens is 1. The quantitative estimate of drug-likeness (QED) is 0.285. The average molecular weight is 439 g/mol. The summed E-state index contributed by atoms with van der Waals surface area (Å²) < 4.78 is 0. The van der Waals surface area contributed by atoms with E-state index >= 15 is 0 Å². The normalized spacial score (nSPS) is 11.6. The van der Waals surface area contributed by atoms with Gasteiger partial charge >= 0.3 is 0 Å². The van der Waals surface area contributed by atoms with Gasteiger partial charge in [-0.2, -0.15) is 0 Å². The number of hydrogen-bond acceptors (Lipinski definition) is 3. The van der Waals surface area contributed by atoms with Gasteiger partial charge in [0.05, 0.1) is 5.69 Å². The molecule has 0 amide bonds. The molecule has 0 saturated heterocycles. The van der Waals surface area contributed by atoms with Crippen LogP contribution in [0.25, 0.3) is 22.8 Å². The van der Waals surface area contributed by atoms with Crippen LogP contribution < -0.4 is 0 Å². The number of aryl methyl sites for hydroxylation is 1. The van der Waals surface area contributed by atoms with Gasteiger partial charge in [0.25, 0.3) is 0 Å². The zero-order chi connectivity index (χ0) is 23.1. The van der Waals surface area contributed by atoms with Crippen molar-refractivity contribution in [2.45, 2.75) is 64.7 Å². The molecule has 4 rings (SSSR count). The maximum absolute atomic E-state index is 5.19. The standard InChI is InChI=1S/C29H34N4/c1-4-7-12-22-13-10-14-23(19-22)25-16-11-17-27(33-25)29(5-2,6-3)20-24-21-31-28(32-24)26-15-8-9-18-30-26/h8-11,13-19,21H,4-7,12,20H2,1-3H3,(H,31,32). The number of aromatic nitrogens is 4. The minimum atomic E-state index is -0.0518. The van der Waals surface area contributed by atoms with Gasteiger partial charge < -0.3 is 4.98 Å². The number of unbranched alkanes of at least 4 members (excludes halogenated alkanes) is 1. The highest BCUT2D eigenvalue weighted by Gasteiger charge is 2.31. The van der Waals surface area contributed by atoms with E-state index in [1.54, 1.807) is 6.20 Å². The monoisotopic (exact) mass is 438 g/mol. The molecule has 0 aliphatic heterocycles. The first-order valence-electron chi connectivity index (χ1n) is 12.2. The van der Waals surface area contributed by atoms with Gasteiger partial charge in [-0.3, -0.25) is 9.97 Å². The van der Waals surface area contributed by atoms with Crippen molar-refractivity contribution in [1.29, 1.82) is 0 Å². The smallest absolute Gasteiger partial charge is 0.156 e. The highest BCUT2D eigenvalue weighted by molar-refractivity contribution is 5.60. The SMILES string of the molecule is CCCCc1cccc(-c2cccc(C(CC)(CC)Cc3cnc(-c4ccccn4)[nH]3)n2)c1. The lowest BCUT2D eigenvalue weighted by Crippen LogP contribution is -2.29. The first-order valence-corrected chi connectivity index (χ1v) is 12.2. The molecule has 0 unspecified atom stereocenters. The summed E-state index contributed by atoms with van der Waals surface area (Å²) in [6.45, 7) is 6.77. The van der Waals surface area contributed by atoms with Crippen LogP contribution in [-0.4, -0.2) is 19.9 Å². The molecular weight excluding hydrogens is 404 g/mol. The average Bonchev–Trinajstić information content (AvgIpc) is 3.35. The molecule has 0 saturated carbocycles. The summed E-state index contributed by atoms with van der Waals surface area (Å²) in [5.41, 5.74) is 6.72. The first-order chi connectivity index (χ1) is 16.2. The first kappa shape index (κ1) is 22.9. The van der Waals surface area contributed by atoms with Crippen LogP contribution in [0.3, 0.4) is 0 Å². The molecule has 3 aromatic heterocycles. The van der Waals surface area contributed by atoms with Crippen LogP contribution in [0.4, 0.5) is 0 Å². The third kappa shape index (κ3) is 5.22. The number of benzene rings is 1. The van der Waals surface area contributed by atoms with Gasteiger partial charge in [-0.15, -0.1) is 0 Å². The number of imidazole rings is 1. The van der Waals surface area contributed by atoms with E-state index in [0.29, 0.717) is 0 Å². The molecule has 0 radical (unpaired) electrons. The summed E-state index contributed by atoms with van der Waals surface area (Å²) in [7, 11) is 0. The Balaban J connectivity index is 1.62. The summed E-state index contributed by atoms with van der Waals surface area (Å²) in [6, 6.07) is 21.2. The van der Waals surface area contributed by atoms with E-state index < -0.39 is 0 Å². The Morgan fingerprint density at radius 1 is 0.848 bits per heavy atom. The fourth-order valence-corrected chi connectivity index (χ4v) is 4.56. The second-order valence-corrected chi connectivity index (χ2v) is 8.85. The molecule has 3 heterocycles. The van der Waals surface area contributed by atoms with Gasteiger partial charge in [-0.05, 0) is 61.6 Å². The van der Waals surface area contributed by atoms with Crippen molar-refractivity contribution in [3.63, 3.8) is 0 Å². The molecule has 0 fully saturated rings. The van der Waals surface area contributed by atoms with E-state index in [0.717, 1.165) is 54.3 Å². The Hall–Kier alpha value is -3.27. The molecule has 0 bridgehead atoms. The van der Waals surface area contributed by atoms with Crippen molar-refractivity contribution in [2.75, 3.05) is 0 Å². The van der Waals surface area contributed by atoms with Crippen LogP contribution in [0.5, 0.6) is 0 Å². The molecule has 0 spiro atoms. The van der Waals surface area contributed by atoms with E-state index in [4.69, 9.17) is 4.98 Å². The summed E-state index contributed by atoms with van der Waals surface area (Å²) in [4.78, 5) is 17.7. The summed E-state index contributed by atoms with van der Waals surface area (Å²) >= 11 is 0. The van der Waals surface area contributed by atoms with Crippen LogP contribution in [0.1, 0.15) is 63.4 Å². The molecule has 1 aromatic carbocycles. The number of nitrogens with zero attached hydrogens (tertiary/aromatic N) is 3.